The quantitative estimate of drug-likeness (QED) is 0.514. The van der Waals surface area contributed by atoms with E-state index in [4.69, 9.17) is 17.0 Å². The molecule has 7 heteroatoms. The van der Waals surface area contributed by atoms with Crippen LogP contribution in [0.5, 0.6) is 11.5 Å². The van der Waals surface area contributed by atoms with Crippen molar-refractivity contribution in [3.05, 3.63) is 58.4 Å². The van der Waals surface area contributed by atoms with Crippen molar-refractivity contribution >= 4 is 18.4 Å². The van der Waals surface area contributed by atoms with E-state index in [0.29, 0.717) is 16.3 Å². The summed E-state index contributed by atoms with van der Waals surface area (Å²) in [6.45, 7) is 6.52. The predicted octanol–water partition coefficient (Wildman–Crippen LogP) is 4.50. The molecule has 3 rings (SSSR count). The predicted molar refractivity (Wildman–Crippen MR) is 109 cm³/mol. The summed E-state index contributed by atoms with van der Waals surface area (Å²) in [5.74, 6) is 1.09. The van der Waals surface area contributed by atoms with Crippen molar-refractivity contribution in [1.82, 2.24) is 14.9 Å². The lowest BCUT2D eigenvalue weighted by atomic mass is 9.87. The molecular formula is C20H22N4O2S. The third-order valence-corrected chi connectivity index (χ3v) is 4.45. The SMILES string of the molecule is COc1cc(/C=N\n2c(-c3ccc(C(C)(C)C)cc3)n[nH]c2=S)ccc1O. The lowest BCUT2D eigenvalue weighted by Crippen LogP contribution is -2.10. The number of rotatable bonds is 4. The van der Waals surface area contributed by atoms with Crippen molar-refractivity contribution in [2.75, 3.05) is 7.11 Å². The number of nitrogens with one attached hydrogen (secondary N) is 1. The summed E-state index contributed by atoms with van der Waals surface area (Å²) in [5, 5.41) is 21.2. The smallest absolute Gasteiger partial charge is 0.216 e. The molecule has 0 amide bonds. The van der Waals surface area contributed by atoms with Crippen molar-refractivity contribution in [1.29, 1.82) is 0 Å². The van der Waals surface area contributed by atoms with Gasteiger partial charge < -0.3 is 9.84 Å². The van der Waals surface area contributed by atoms with Crippen LogP contribution in [0.4, 0.5) is 0 Å². The average Bonchev–Trinajstić information content (AvgIpc) is 3.01. The zero-order valence-corrected chi connectivity index (χ0v) is 16.5. The third kappa shape index (κ3) is 4.09. The highest BCUT2D eigenvalue weighted by atomic mass is 32.1. The molecule has 27 heavy (non-hydrogen) atoms. The van der Waals surface area contributed by atoms with Gasteiger partial charge in [-0.1, -0.05) is 45.0 Å². The summed E-state index contributed by atoms with van der Waals surface area (Å²) < 4.78 is 7.09. The highest BCUT2D eigenvalue weighted by Crippen LogP contribution is 2.27. The van der Waals surface area contributed by atoms with Crippen LogP contribution in [0.3, 0.4) is 0 Å². The van der Waals surface area contributed by atoms with Crippen LogP contribution in [-0.2, 0) is 5.41 Å². The number of hydrogen-bond acceptors (Lipinski definition) is 5. The molecule has 0 bridgehead atoms. The molecule has 0 atom stereocenters. The van der Waals surface area contributed by atoms with E-state index >= 15 is 0 Å². The fourth-order valence-corrected chi connectivity index (χ4v) is 2.78. The van der Waals surface area contributed by atoms with Gasteiger partial charge in [0, 0.05) is 5.56 Å². The number of benzene rings is 2. The Kier molecular flexibility index (Phi) is 5.14. The van der Waals surface area contributed by atoms with Gasteiger partial charge in [-0.3, -0.25) is 0 Å². The Hall–Kier alpha value is -2.93. The van der Waals surface area contributed by atoms with E-state index in [-0.39, 0.29) is 11.2 Å². The van der Waals surface area contributed by atoms with Crippen LogP contribution in [0, 0.1) is 4.77 Å². The number of H-pyrrole nitrogens is 1. The number of methoxy groups -OCH3 is 1. The van der Waals surface area contributed by atoms with Gasteiger partial charge in [-0.05, 0) is 47.0 Å². The van der Waals surface area contributed by atoms with Crippen molar-refractivity contribution in [3.8, 4) is 22.9 Å². The van der Waals surface area contributed by atoms with E-state index in [0.717, 1.165) is 11.1 Å². The number of aromatic nitrogens is 3. The minimum atomic E-state index is 0.0780. The maximum Gasteiger partial charge on any atom is 0.216 e. The van der Waals surface area contributed by atoms with Crippen LogP contribution in [0.15, 0.2) is 47.6 Å². The highest BCUT2D eigenvalue weighted by molar-refractivity contribution is 7.71. The van der Waals surface area contributed by atoms with Gasteiger partial charge in [-0.2, -0.15) is 14.9 Å². The standard InChI is InChI=1S/C20H22N4O2S/c1-20(2,3)15-8-6-14(7-9-15)18-22-23-19(27)24(18)21-12-13-5-10-16(25)17(11-13)26-4/h5-12,25H,1-4H3,(H,23,27)/b21-12-. The van der Waals surface area contributed by atoms with E-state index in [1.54, 1.807) is 29.1 Å². The number of ether oxygens (including phenoxy) is 1. The second-order valence-electron chi connectivity index (χ2n) is 7.17. The summed E-state index contributed by atoms with van der Waals surface area (Å²) >= 11 is 5.31. The van der Waals surface area contributed by atoms with Gasteiger partial charge >= 0.3 is 0 Å². The summed E-state index contributed by atoms with van der Waals surface area (Å²) in [6, 6.07) is 13.2. The average molecular weight is 382 g/mol. The maximum atomic E-state index is 9.70. The van der Waals surface area contributed by atoms with Crippen LogP contribution in [0.2, 0.25) is 0 Å². The molecule has 1 heterocycles. The van der Waals surface area contributed by atoms with Crippen molar-refractivity contribution < 1.29 is 9.84 Å². The van der Waals surface area contributed by atoms with Crippen LogP contribution in [-0.4, -0.2) is 33.3 Å². The molecule has 0 spiro atoms. The summed E-state index contributed by atoms with van der Waals surface area (Å²) in [7, 11) is 1.50. The van der Waals surface area contributed by atoms with Gasteiger partial charge in [-0.25, -0.2) is 5.10 Å². The van der Waals surface area contributed by atoms with Gasteiger partial charge in [0.05, 0.1) is 13.3 Å². The first-order chi connectivity index (χ1) is 12.8. The monoisotopic (exact) mass is 382 g/mol. The topological polar surface area (TPSA) is 75.4 Å². The minimum absolute atomic E-state index is 0.0780. The fraction of sp³-hybridized carbons (Fsp3) is 0.250. The molecular weight excluding hydrogens is 360 g/mol. The van der Waals surface area contributed by atoms with E-state index in [9.17, 15) is 5.11 Å². The zero-order valence-electron chi connectivity index (χ0n) is 15.7. The van der Waals surface area contributed by atoms with E-state index in [1.807, 2.05) is 12.1 Å². The highest BCUT2D eigenvalue weighted by Gasteiger charge is 2.14. The van der Waals surface area contributed by atoms with Gasteiger partial charge in [0.25, 0.3) is 0 Å². The maximum absolute atomic E-state index is 9.70. The normalized spacial score (nSPS) is 11.9. The lowest BCUT2D eigenvalue weighted by molar-refractivity contribution is 0.373. The largest absolute Gasteiger partial charge is 0.504 e. The van der Waals surface area contributed by atoms with Gasteiger partial charge in [0.1, 0.15) is 0 Å². The van der Waals surface area contributed by atoms with Crippen LogP contribution < -0.4 is 4.74 Å². The molecule has 0 aliphatic heterocycles. The molecule has 1 aromatic heterocycles. The van der Waals surface area contributed by atoms with Gasteiger partial charge in [0.2, 0.25) is 4.77 Å². The van der Waals surface area contributed by atoms with E-state index in [1.165, 1.54) is 12.7 Å². The minimum Gasteiger partial charge on any atom is -0.504 e. The van der Waals surface area contributed by atoms with Crippen molar-refractivity contribution in [3.63, 3.8) is 0 Å². The van der Waals surface area contributed by atoms with Crippen LogP contribution in [0.25, 0.3) is 11.4 Å². The Morgan fingerprint density at radius 1 is 1.19 bits per heavy atom. The van der Waals surface area contributed by atoms with Crippen molar-refractivity contribution in [2.24, 2.45) is 5.10 Å². The van der Waals surface area contributed by atoms with Crippen LogP contribution >= 0.6 is 12.2 Å². The molecule has 3 aromatic rings. The third-order valence-electron chi connectivity index (χ3n) is 4.19. The molecule has 140 valence electrons. The molecule has 2 N–H and O–H groups in total. The molecule has 0 saturated carbocycles. The molecule has 0 unspecified atom stereocenters. The first-order valence-corrected chi connectivity index (χ1v) is 8.90. The molecule has 0 aliphatic rings. The Bertz CT molecular complexity index is 1030. The molecule has 6 nitrogen and oxygen atoms in total. The molecule has 0 radical (unpaired) electrons. The Morgan fingerprint density at radius 2 is 1.89 bits per heavy atom. The second kappa shape index (κ2) is 7.36. The first kappa shape index (κ1) is 18.8. The summed E-state index contributed by atoms with van der Waals surface area (Å²) in [6.07, 6.45) is 1.64. The van der Waals surface area contributed by atoms with E-state index in [2.05, 4.69) is 48.2 Å². The number of hydrogen-bond donors (Lipinski definition) is 2. The molecule has 2 aromatic carbocycles. The molecule has 0 saturated heterocycles. The number of aromatic hydroxyl groups is 1. The Labute approximate surface area is 163 Å². The Morgan fingerprint density at radius 3 is 2.52 bits per heavy atom. The van der Waals surface area contributed by atoms with Gasteiger partial charge in [0.15, 0.2) is 17.3 Å². The van der Waals surface area contributed by atoms with Crippen LogP contribution in [0.1, 0.15) is 31.9 Å². The number of phenols is 1. The van der Waals surface area contributed by atoms with Crippen molar-refractivity contribution in [2.45, 2.75) is 26.2 Å². The molecule has 0 aliphatic carbocycles. The van der Waals surface area contributed by atoms with E-state index < -0.39 is 0 Å². The second-order valence-corrected chi connectivity index (χ2v) is 7.55. The van der Waals surface area contributed by atoms with Gasteiger partial charge in [-0.15, -0.1) is 0 Å². The molecule has 0 fully saturated rings. The number of phenolic OH excluding ortho intramolecular Hbond substituents is 1. The zero-order chi connectivity index (χ0) is 19.6. The Balaban J connectivity index is 1.94. The summed E-state index contributed by atoms with van der Waals surface area (Å²) in [4.78, 5) is 0. The fourth-order valence-electron chi connectivity index (χ4n) is 2.60. The lowest BCUT2D eigenvalue weighted by Gasteiger charge is -2.18. The number of nitrogens with zero attached hydrogens (tertiary/aromatic N) is 3. The first-order valence-electron chi connectivity index (χ1n) is 8.49. The summed E-state index contributed by atoms with van der Waals surface area (Å²) in [5.41, 5.74) is 3.00. The number of aromatic amines is 1.